The predicted octanol–water partition coefficient (Wildman–Crippen LogP) is 4.17. The number of hydrogen-bond acceptors (Lipinski definition) is 4. The highest BCUT2D eigenvalue weighted by molar-refractivity contribution is 5.79. The van der Waals surface area contributed by atoms with E-state index in [0.29, 0.717) is 0 Å². The minimum Gasteiger partial charge on any atom is -0.497 e. The van der Waals surface area contributed by atoms with E-state index in [9.17, 15) is 0 Å². The molecule has 0 aliphatic carbocycles. The summed E-state index contributed by atoms with van der Waals surface area (Å²) in [6.07, 6.45) is 6.57. The summed E-state index contributed by atoms with van der Waals surface area (Å²) in [5, 5.41) is 4.51. The van der Waals surface area contributed by atoms with Crippen molar-refractivity contribution in [3.8, 4) is 5.75 Å². The number of benzene rings is 1. The largest absolute Gasteiger partial charge is 0.497 e. The molecule has 26 heavy (non-hydrogen) atoms. The number of nitrogens with zero attached hydrogens (tertiary/aromatic N) is 2. The Morgan fingerprint density at radius 1 is 1.00 bits per heavy atom. The molecule has 4 aromatic rings. The van der Waals surface area contributed by atoms with Gasteiger partial charge in [0.15, 0.2) is 0 Å². The van der Waals surface area contributed by atoms with E-state index in [1.165, 1.54) is 16.7 Å². The van der Waals surface area contributed by atoms with Crippen LogP contribution in [0.15, 0.2) is 67.1 Å². The molecule has 5 nitrogen and oxygen atoms in total. The normalized spacial score (nSPS) is 10.8. The van der Waals surface area contributed by atoms with Gasteiger partial charge in [0.25, 0.3) is 0 Å². The zero-order valence-electron chi connectivity index (χ0n) is 14.6. The standard InChI is InChI=1S/C21H20N4O/c1-26-18-7-4-15(5-8-18)12-23-20-9-6-16(13-24-20)11-17-14-25-21-19(17)3-2-10-22-21/h2-10,13-14H,11-12H2,1H3,(H,22,25)(H,23,24). The molecule has 3 heterocycles. The van der Waals surface area contributed by atoms with Crippen LogP contribution in [0.4, 0.5) is 5.82 Å². The number of methoxy groups -OCH3 is 1. The van der Waals surface area contributed by atoms with Gasteiger partial charge < -0.3 is 15.0 Å². The van der Waals surface area contributed by atoms with E-state index in [2.05, 4.69) is 32.4 Å². The summed E-state index contributed by atoms with van der Waals surface area (Å²) in [6, 6.07) is 16.2. The first kappa shape index (κ1) is 16.1. The van der Waals surface area contributed by atoms with Crippen LogP contribution in [0.2, 0.25) is 0 Å². The Labute approximate surface area is 152 Å². The van der Waals surface area contributed by atoms with E-state index in [1.54, 1.807) is 13.3 Å². The van der Waals surface area contributed by atoms with E-state index in [1.807, 2.05) is 48.8 Å². The third-order valence-corrected chi connectivity index (χ3v) is 4.39. The molecule has 5 heteroatoms. The Balaban J connectivity index is 1.40. The Morgan fingerprint density at radius 3 is 2.62 bits per heavy atom. The zero-order valence-corrected chi connectivity index (χ0v) is 14.6. The zero-order chi connectivity index (χ0) is 17.8. The maximum absolute atomic E-state index is 5.18. The van der Waals surface area contributed by atoms with Gasteiger partial charge in [-0.25, -0.2) is 9.97 Å². The van der Waals surface area contributed by atoms with Crippen molar-refractivity contribution in [2.24, 2.45) is 0 Å². The van der Waals surface area contributed by atoms with Crippen LogP contribution in [0, 0.1) is 0 Å². The number of anilines is 1. The molecule has 0 spiro atoms. The first-order chi connectivity index (χ1) is 12.8. The topological polar surface area (TPSA) is 62.8 Å². The monoisotopic (exact) mass is 344 g/mol. The Kier molecular flexibility index (Phi) is 4.51. The van der Waals surface area contributed by atoms with Crippen molar-refractivity contribution in [3.05, 3.63) is 83.8 Å². The van der Waals surface area contributed by atoms with Gasteiger partial charge in [-0.3, -0.25) is 0 Å². The van der Waals surface area contributed by atoms with Crippen molar-refractivity contribution in [3.63, 3.8) is 0 Å². The lowest BCUT2D eigenvalue weighted by atomic mass is 10.1. The van der Waals surface area contributed by atoms with E-state index in [-0.39, 0.29) is 0 Å². The van der Waals surface area contributed by atoms with Crippen LogP contribution in [-0.4, -0.2) is 22.1 Å². The number of pyridine rings is 2. The molecule has 2 N–H and O–H groups in total. The maximum Gasteiger partial charge on any atom is 0.137 e. The summed E-state index contributed by atoms with van der Waals surface area (Å²) in [5.74, 6) is 1.73. The fourth-order valence-electron chi connectivity index (χ4n) is 2.95. The number of aromatic amines is 1. The van der Waals surface area contributed by atoms with Crippen LogP contribution in [0.1, 0.15) is 16.7 Å². The number of rotatable bonds is 6. The highest BCUT2D eigenvalue weighted by Gasteiger charge is 2.05. The predicted molar refractivity (Wildman–Crippen MR) is 103 cm³/mol. The molecule has 0 atom stereocenters. The highest BCUT2D eigenvalue weighted by Crippen LogP contribution is 2.19. The molecule has 3 aromatic heterocycles. The van der Waals surface area contributed by atoms with Gasteiger partial charge in [0.05, 0.1) is 7.11 Å². The Hall–Kier alpha value is -3.34. The molecule has 0 aliphatic heterocycles. The molecule has 130 valence electrons. The van der Waals surface area contributed by atoms with Gasteiger partial charge in [0.2, 0.25) is 0 Å². The van der Waals surface area contributed by atoms with Crippen LogP contribution >= 0.6 is 0 Å². The van der Waals surface area contributed by atoms with E-state index >= 15 is 0 Å². The third kappa shape index (κ3) is 3.52. The minimum absolute atomic E-state index is 0.727. The lowest BCUT2D eigenvalue weighted by Crippen LogP contribution is -2.01. The lowest BCUT2D eigenvalue weighted by molar-refractivity contribution is 0.414. The van der Waals surface area contributed by atoms with Gasteiger partial charge in [0.1, 0.15) is 17.2 Å². The SMILES string of the molecule is COc1ccc(CNc2ccc(Cc3c[nH]c4ncccc34)cn2)cc1. The van der Waals surface area contributed by atoms with Crippen molar-refractivity contribution >= 4 is 16.9 Å². The molecule has 0 amide bonds. The van der Waals surface area contributed by atoms with Gasteiger partial charge in [-0.05, 0) is 47.0 Å². The number of aromatic nitrogens is 3. The van der Waals surface area contributed by atoms with Crippen molar-refractivity contribution in [2.45, 2.75) is 13.0 Å². The fraction of sp³-hybridized carbons (Fsp3) is 0.143. The van der Waals surface area contributed by atoms with Crippen molar-refractivity contribution < 1.29 is 4.74 Å². The molecule has 0 radical (unpaired) electrons. The second kappa shape index (κ2) is 7.27. The fourth-order valence-corrected chi connectivity index (χ4v) is 2.95. The molecule has 0 saturated carbocycles. The van der Waals surface area contributed by atoms with Crippen molar-refractivity contribution in [1.82, 2.24) is 15.0 Å². The maximum atomic E-state index is 5.18. The Morgan fingerprint density at radius 2 is 1.85 bits per heavy atom. The summed E-state index contributed by atoms with van der Waals surface area (Å²) in [7, 11) is 1.67. The molecule has 0 bridgehead atoms. The van der Waals surface area contributed by atoms with Crippen LogP contribution in [-0.2, 0) is 13.0 Å². The molecular weight excluding hydrogens is 324 g/mol. The van der Waals surface area contributed by atoms with Crippen LogP contribution in [0.3, 0.4) is 0 Å². The second-order valence-corrected chi connectivity index (χ2v) is 6.14. The third-order valence-electron chi connectivity index (χ3n) is 4.39. The molecular formula is C21H20N4O. The van der Waals surface area contributed by atoms with Gasteiger partial charge in [0, 0.05) is 36.9 Å². The van der Waals surface area contributed by atoms with Gasteiger partial charge >= 0.3 is 0 Å². The number of ether oxygens (including phenoxy) is 1. The van der Waals surface area contributed by atoms with E-state index < -0.39 is 0 Å². The number of hydrogen-bond donors (Lipinski definition) is 2. The van der Waals surface area contributed by atoms with Gasteiger partial charge in [-0.2, -0.15) is 0 Å². The highest BCUT2D eigenvalue weighted by atomic mass is 16.5. The summed E-state index contributed by atoms with van der Waals surface area (Å²) in [4.78, 5) is 12.1. The number of fused-ring (bicyclic) bond motifs is 1. The van der Waals surface area contributed by atoms with E-state index in [4.69, 9.17) is 4.74 Å². The minimum atomic E-state index is 0.727. The first-order valence-corrected chi connectivity index (χ1v) is 8.54. The van der Waals surface area contributed by atoms with Crippen LogP contribution in [0.25, 0.3) is 11.0 Å². The quantitative estimate of drug-likeness (QED) is 0.551. The van der Waals surface area contributed by atoms with Crippen LogP contribution in [0.5, 0.6) is 5.75 Å². The molecule has 4 rings (SSSR count). The molecule has 0 unspecified atom stereocenters. The van der Waals surface area contributed by atoms with Gasteiger partial charge in [-0.1, -0.05) is 18.2 Å². The Bertz CT molecular complexity index is 991. The van der Waals surface area contributed by atoms with Gasteiger partial charge in [-0.15, -0.1) is 0 Å². The number of H-pyrrole nitrogens is 1. The van der Waals surface area contributed by atoms with E-state index in [0.717, 1.165) is 35.6 Å². The average Bonchev–Trinajstić information content (AvgIpc) is 3.11. The van der Waals surface area contributed by atoms with Crippen molar-refractivity contribution in [2.75, 3.05) is 12.4 Å². The summed E-state index contributed by atoms with van der Waals surface area (Å²) < 4.78 is 5.18. The molecule has 0 fully saturated rings. The summed E-state index contributed by atoms with van der Waals surface area (Å²) in [6.45, 7) is 0.727. The molecule has 0 saturated heterocycles. The first-order valence-electron chi connectivity index (χ1n) is 8.54. The number of nitrogens with one attached hydrogen (secondary N) is 2. The van der Waals surface area contributed by atoms with Crippen LogP contribution < -0.4 is 10.1 Å². The smallest absolute Gasteiger partial charge is 0.137 e. The molecule has 0 aliphatic rings. The summed E-state index contributed by atoms with van der Waals surface area (Å²) in [5.41, 5.74) is 4.51. The van der Waals surface area contributed by atoms with Crippen molar-refractivity contribution in [1.29, 1.82) is 0 Å². The lowest BCUT2D eigenvalue weighted by Gasteiger charge is -2.07. The second-order valence-electron chi connectivity index (χ2n) is 6.14. The average molecular weight is 344 g/mol. The molecule has 1 aromatic carbocycles. The summed E-state index contributed by atoms with van der Waals surface area (Å²) >= 11 is 0.